The largest absolute Gasteiger partial charge is 0.231 e. The molecular weight excluding hydrogens is 1190 g/mol. The topological polar surface area (TPSA) is 258 Å². The molecule has 2 fully saturated rings. The minimum Gasteiger partial charge on any atom is -0.231 e. The molecule has 2 aliphatic rings. The van der Waals surface area contributed by atoms with Gasteiger partial charge in [0.2, 0.25) is 0 Å². The zero-order valence-electron chi connectivity index (χ0n) is 45.2. The van der Waals surface area contributed by atoms with E-state index in [1.807, 2.05) is 6.92 Å². The molecule has 10 aromatic rings. The van der Waals surface area contributed by atoms with Crippen LogP contribution in [0.1, 0.15) is 166 Å². The van der Waals surface area contributed by atoms with Gasteiger partial charge in [-0.1, -0.05) is 98.8 Å². The van der Waals surface area contributed by atoms with E-state index in [0.717, 1.165) is 71.7 Å². The summed E-state index contributed by atoms with van der Waals surface area (Å²) < 4.78 is 35.7. The zero-order valence-corrected chi connectivity index (χ0v) is 54.2. The van der Waals surface area contributed by atoms with E-state index in [1.54, 1.807) is 84.7 Å². The van der Waals surface area contributed by atoms with Gasteiger partial charge in [-0.25, -0.2) is 44.9 Å². The first-order chi connectivity index (χ1) is 37.3. The van der Waals surface area contributed by atoms with E-state index < -0.39 is 0 Å². The number of nitrogens with zero attached hydrogens (tertiary/aromatic N) is 20. The summed E-state index contributed by atoms with van der Waals surface area (Å²) in [5, 5.41) is 16.6. The van der Waals surface area contributed by atoms with E-state index in [4.69, 9.17) is 0 Å². The Morgan fingerprint density at radius 2 is 1.18 bits per heavy atom. The number of aromatic nitrogens is 20. The van der Waals surface area contributed by atoms with Crippen LogP contribution >= 0.6 is 127 Å². The van der Waals surface area contributed by atoms with E-state index in [1.165, 1.54) is 159 Å². The molecule has 0 radical (unpaired) electrons. The van der Waals surface area contributed by atoms with Crippen LogP contribution in [-0.4, -0.2) is 100 Å². The van der Waals surface area contributed by atoms with Crippen LogP contribution in [-0.2, 0) is 30.1 Å². The minimum atomic E-state index is 0.168. The summed E-state index contributed by atoms with van der Waals surface area (Å²) in [6.45, 7) is 23.3. The Balaban J connectivity index is 0.000000226. The summed E-state index contributed by atoms with van der Waals surface area (Å²) >= 11 is 16.5. The first-order valence-corrected chi connectivity index (χ1v) is 33.4. The van der Waals surface area contributed by atoms with Crippen LogP contribution in [0, 0.1) is 6.92 Å². The van der Waals surface area contributed by atoms with E-state index in [9.17, 15) is 0 Å². The molecule has 0 amide bonds. The van der Waals surface area contributed by atoms with Gasteiger partial charge in [0, 0.05) is 35.5 Å². The first-order valence-electron chi connectivity index (χ1n) is 24.5. The number of aryl methyl sites for hydroxylation is 4. The van der Waals surface area contributed by atoms with Gasteiger partial charge in [0.25, 0.3) is 0 Å². The molecule has 12 rings (SSSR count). The molecule has 77 heavy (non-hydrogen) atoms. The Morgan fingerprint density at radius 3 is 1.52 bits per heavy atom. The fraction of sp³-hybridized carbons (Fsp3) is 0.565. The van der Waals surface area contributed by atoms with Crippen molar-refractivity contribution in [3.63, 3.8) is 0 Å². The predicted octanol–water partition coefficient (Wildman–Crippen LogP) is 14.0. The molecule has 10 heterocycles. The molecule has 0 unspecified atom stereocenters. The summed E-state index contributed by atoms with van der Waals surface area (Å²) in [5.74, 6) is 2.39. The van der Waals surface area contributed by atoms with Gasteiger partial charge in [-0.15, -0.1) is 10.2 Å². The highest BCUT2D eigenvalue weighted by atomic mass is 32.2. The zero-order chi connectivity index (χ0) is 55.8. The molecular formula is C46H68N20S11. The summed E-state index contributed by atoms with van der Waals surface area (Å²) in [6.07, 6.45) is 26.4. The molecule has 0 N–H and O–H groups in total. The SMILES string of the molecule is CC(C)(C)c1ncns1.CC(C)c1ncns1.CC1(c2ncns2)CC1.CCCCc1ncns1.CCCc1ncns1.CCSc1nncs1.CCc1ncns1.Cc1ncns1.c1ncsn1.c1nsc(C2CC2)n1. The van der Waals surface area contributed by atoms with E-state index >= 15 is 0 Å². The van der Waals surface area contributed by atoms with Crippen LogP contribution in [0.25, 0.3) is 0 Å². The second kappa shape index (κ2) is 41.0. The molecule has 0 atom stereocenters. The van der Waals surface area contributed by atoms with Crippen LogP contribution in [0.15, 0.2) is 72.3 Å². The Kier molecular flexibility index (Phi) is 35.8. The van der Waals surface area contributed by atoms with Crippen molar-refractivity contribution in [1.82, 2.24) is 94.4 Å². The van der Waals surface area contributed by atoms with Gasteiger partial charge in [-0.2, -0.15) is 39.4 Å². The summed E-state index contributed by atoms with van der Waals surface area (Å²) in [4.78, 5) is 35.8. The van der Waals surface area contributed by atoms with Gasteiger partial charge in [-0.3, -0.25) is 0 Å². The molecule has 0 spiro atoms. The molecule has 2 aliphatic carbocycles. The number of rotatable bonds is 11. The quantitative estimate of drug-likeness (QED) is 0.109. The molecule has 0 bridgehead atoms. The second-order valence-corrected chi connectivity index (χ2v) is 26.9. The summed E-state index contributed by atoms with van der Waals surface area (Å²) in [7, 11) is 0. The maximum absolute atomic E-state index is 4.16. The van der Waals surface area contributed by atoms with Crippen molar-refractivity contribution in [2.75, 3.05) is 5.75 Å². The van der Waals surface area contributed by atoms with Crippen LogP contribution in [0.2, 0.25) is 0 Å². The van der Waals surface area contributed by atoms with Crippen molar-refractivity contribution in [1.29, 1.82) is 0 Å². The molecule has 20 nitrogen and oxygen atoms in total. The van der Waals surface area contributed by atoms with Crippen LogP contribution < -0.4 is 0 Å². The third kappa shape index (κ3) is 32.6. The van der Waals surface area contributed by atoms with Crippen molar-refractivity contribution in [3.8, 4) is 0 Å². The molecule has 418 valence electrons. The van der Waals surface area contributed by atoms with Gasteiger partial charge in [0.15, 0.2) is 4.34 Å². The lowest BCUT2D eigenvalue weighted by Crippen LogP contribution is -2.09. The highest BCUT2D eigenvalue weighted by Crippen LogP contribution is 2.47. The summed E-state index contributed by atoms with van der Waals surface area (Å²) in [6, 6.07) is 0. The van der Waals surface area contributed by atoms with Crippen molar-refractivity contribution >= 4 is 127 Å². The van der Waals surface area contributed by atoms with Crippen molar-refractivity contribution in [3.05, 3.63) is 108 Å². The number of unbranched alkanes of at least 4 members (excludes halogenated alkanes) is 1. The molecule has 0 saturated heterocycles. The van der Waals surface area contributed by atoms with Crippen molar-refractivity contribution in [2.45, 2.75) is 167 Å². The molecule has 0 aliphatic heterocycles. The predicted molar refractivity (Wildman–Crippen MR) is 324 cm³/mol. The van der Waals surface area contributed by atoms with E-state index in [0.29, 0.717) is 11.3 Å². The highest BCUT2D eigenvalue weighted by molar-refractivity contribution is 8.00. The fourth-order valence-corrected chi connectivity index (χ4v) is 10.7. The van der Waals surface area contributed by atoms with Crippen LogP contribution in [0.3, 0.4) is 0 Å². The molecule has 10 aromatic heterocycles. The average molecular weight is 1250 g/mol. The Labute approximate surface area is 498 Å². The monoisotopic (exact) mass is 1250 g/mol. The molecule has 31 heteroatoms. The maximum Gasteiger partial charge on any atom is 0.174 e. The van der Waals surface area contributed by atoms with Gasteiger partial charge >= 0.3 is 0 Å². The van der Waals surface area contributed by atoms with Crippen molar-refractivity contribution < 1.29 is 0 Å². The smallest absolute Gasteiger partial charge is 0.174 e. The van der Waals surface area contributed by atoms with Crippen LogP contribution in [0.5, 0.6) is 0 Å². The van der Waals surface area contributed by atoms with Crippen molar-refractivity contribution in [2.24, 2.45) is 0 Å². The van der Waals surface area contributed by atoms with Gasteiger partial charge in [0.05, 0.1) is 0 Å². The lowest BCUT2D eigenvalue weighted by atomic mass is 9.98. The Morgan fingerprint density at radius 1 is 0.597 bits per heavy atom. The van der Waals surface area contributed by atoms with Gasteiger partial charge in [0.1, 0.15) is 108 Å². The lowest BCUT2D eigenvalue weighted by Gasteiger charge is -2.11. The number of hydrogen-bond acceptors (Lipinski definition) is 31. The Hall–Kier alpha value is -4.05. The highest BCUT2D eigenvalue weighted by Gasteiger charge is 2.41. The fourth-order valence-electron chi connectivity index (χ4n) is 4.69. The van der Waals surface area contributed by atoms with Gasteiger partial charge < -0.3 is 0 Å². The number of hydrogen-bond donors (Lipinski definition) is 0. The normalized spacial score (nSPS) is 12.2. The number of thioether (sulfide) groups is 1. The lowest BCUT2D eigenvalue weighted by molar-refractivity contribution is 0.585. The maximum atomic E-state index is 4.16. The third-order valence-corrected chi connectivity index (χ3v) is 18.0. The second-order valence-electron chi connectivity index (χ2n) is 17.2. The molecule has 0 aromatic carbocycles. The standard InChI is InChI=1S/C6H8N2S.2C6H10N2S.C5H6N2S.2C5H8N2S.C4H6N2S2.C4H6N2S.C3H4N2S.C2H2N2S/c1-6(2-3-6)5-7-4-8-9-5;1-6(2,3)5-7-4-8-9-5;1-2-3-4-6-7-5-8-9-6;1-2-4(1)5-6-3-7-8-5;1-4(2)5-6-3-7-8-5;1-2-3-5-6-4-7-8-5;1-2-7-4-6-5-3-8-4;1-2-4-5-3-6-7-4;1-3-4-2-5-6-3;1-3-2-5-4-1/h4H,2-3H2,1H3;4H,1-3H3;5H,2-4H2,1H3;3-4H,1-2H2;3-4H,1-2H3;4H,2-3H2,1H3;3H,2H2,1H3;3H,2H2,1H3;2H,1H3;1-2H. The Bertz CT molecular complexity index is 2550. The third-order valence-electron chi connectivity index (χ3n) is 9.15. The average Bonchev–Trinajstić information content (AvgIpc) is 4.28. The molecule has 2 saturated carbocycles. The first kappa shape index (κ1) is 67.2. The minimum absolute atomic E-state index is 0.168. The van der Waals surface area contributed by atoms with E-state index in [2.05, 4.69) is 164 Å². The van der Waals surface area contributed by atoms with Crippen LogP contribution in [0.4, 0.5) is 0 Å². The summed E-state index contributed by atoms with van der Waals surface area (Å²) in [5.41, 5.74) is 4.01. The van der Waals surface area contributed by atoms with E-state index in [-0.39, 0.29) is 5.41 Å². The van der Waals surface area contributed by atoms with Gasteiger partial charge in [-0.05, 0) is 161 Å².